The summed E-state index contributed by atoms with van der Waals surface area (Å²) in [5.74, 6) is -2.35. The number of carboxylic acid groups (broad SMARTS) is 1. The number of hydrogen-bond donors (Lipinski definition) is 2. The molecule has 1 unspecified atom stereocenters. The molecule has 1 heterocycles. The Morgan fingerprint density at radius 1 is 1.43 bits per heavy atom. The molecular weight excluding hydrogens is 345 g/mol. The van der Waals surface area contributed by atoms with E-state index in [0.717, 1.165) is 4.68 Å². The second kappa shape index (κ2) is 6.04. The molecule has 6 nitrogen and oxygen atoms in total. The normalized spacial score (nSPS) is 12.0. The topological polar surface area (TPSA) is 84.2 Å². The minimum atomic E-state index is -1.19. The molecule has 0 saturated carbocycles. The third-order valence-electron chi connectivity index (χ3n) is 2.82. The fraction of sp³-hybridized carbons (Fsp3) is 0.154. The summed E-state index contributed by atoms with van der Waals surface area (Å²) in [5.41, 5.74) is -0.104. The fourth-order valence-electron chi connectivity index (χ4n) is 1.73. The first-order valence-electron chi connectivity index (χ1n) is 5.93. The van der Waals surface area contributed by atoms with E-state index in [2.05, 4.69) is 26.3 Å². The molecule has 110 valence electrons. The summed E-state index contributed by atoms with van der Waals surface area (Å²) in [6, 6.07) is 4.60. The number of aromatic carboxylic acids is 1. The molecule has 0 saturated heterocycles. The number of carbonyl (C=O) groups is 2. The van der Waals surface area contributed by atoms with Crippen LogP contribution in [0.25, 0.3) is 0 Å². The Morgan fingerprint density at radius 2 is 2.14 bits per heavy atom. The summed E-state index contributed by atoms with van der Waals surface area (Å²) >= 11 is 3.12. The lowest BCUT2D eigenvalue weighted by atomic mass is 10.2. The molecule has 0 aliphatic rings. The zero-order valence-corrected chi connectivity index (χ0v) is 12.5. The van der Waals surface area contributed by atoms with Crippen molar-refractivity contribution in [2.45, 2.75) is 13.0 Å². The third-order valence-corrected chi connectivity index (χ3v) is 3.32. The number of amides is 1. The fourth-order valence-corrected chi connectivity index (χ4v) is 2.06. The van der Waals surface area contributed by atoms with Gasteiger partial charge in [-0.15, -0.1) is 0 Å². The van der Waals surface area contributed by atoms with E-state index in [-0.39, 0.29) is 11.4 Å². The highest BCUT2D eigenvalue weighted by molar-refractivity contribution is 9.10. The van der Waals surface area contributed by atoms with E-state index in [1.54, 1.807) is 6.07 Å². The van der Waals surface area contributed by atoms with Crippen molar-refractivity contribution in [2.24, 2.45) is 0 Å². The average Bonchev–Trinajstić information content (AvgIpc) is 2.90. The van der Waals surface area contributed by atoms with E-state index < -0.39 is 23.7 Å². The number of nitrogens with zero attached hydrogens (tertiary/aromatic N) is 2. The lowest BCUT2D eigenvalue weighted by Crippen LogP contribution is -2.27. The second-order valence-electron chi connectivity index (χ2n) is 4.26. The quantitative estimate of drug-likeness (QED) is 0.882. The number of rotatable bonds is 4. The Morgan fingerprint density at radius 3 is 2.76 bits per heavy atom. The molecule has 0 aliphatic heterocycles. The molecule has 0 fully saturated rings. The highest BCUT2D eigenvalue weighted by atomic mass is 79.9. The van der Waals surface area contributed by atoms with Crippen molar-refractivity contribution in [2.75, 3.05) is 5.32 Å². The molecule has 0 bridgehead atoms. The molecule has 0 radical (unpaired) electrons. The van der Waals surface area contributed by atoms with Crippen molar-refractivity contribution in [1.29, 1.82) is 0 Å². The van der Waals surface area contributed by atoms with Crippen molar-refractivity contribution >= 4 is 33.5 Å². The number of benzene rings is 1. The third kappa shape index (κ3) is 3.27. The van der Waals surface area contributed by atoms with E-state index in [4.69, 9.17) is 5.11 Å². The molecule has 8 heteroatoms. The largest absolute Gasteiger partial charge is 0.477 e. The molecule has 2 aromatic rings. The molecule has 2 rings (SSSR count). The molecule has 2 N–H and O–H groups in total. The van der Waals surface area contributed by atoms with Crippen LogP contribution in [0.15, 0.2) is 34.9 Å². The van der Waals surface area contributed by atoms with Crippen LogP contribution in [0.5, 0.6) is 0 Å². The molecule has 1 aromatic heterocycles. The Hall–Kier alpha value is -2.22. The first-order valence-corrected chi connectivity index (χ1v) is 6.72. The minimum absolute atomic E-state index is 0.0130. The van der Waals surface area contributed by atoms with Crippen molar-refractivity contribution in [3.63, 3.8) is 0 Å². The van der Waals surface area contributed by atoms with Gasteiger partial charge in [-0.25, -0.2) is 13.9 Å². The van der Waals surface area contributed by atoms with E-state index in [9.17, 15) is 14.0 Å². The molecule has 0 spiro atoms. The monoisotopic (exact) mass is 355 g/mol. The van der Waals surface area contributed by atoms with Crippen LogP contribution in [-0.4, -0.2) is 26.8 Å². The number of aromatic nitrogens is 2. The van der Waals surface area contributed by atoms with Gasteiger partial charge in [0.25, 0.3) is 0 Å². The lowest BCUT2D eigenvalue weighted by molar-refractivity contribution is -0.119. The van der Waals surface area contributed by atoms with Crippen LogP contribution in [0.3, 0.4) is 0 Å². The number of carboxylic acids is 1. The van der Waals surface area contributed by atoms with E-state index in [1.165, 1.54) is 31.3 Å². The summed E-state index contributed by atoms with van der Waals surface area (Å²) in [6.45, 7) is 1.48. The van der Waals surface area contributed by atoms with Gasteiger partial charge in [0.2, 0.25) is 5.91 Å². The summed E-state index contributed by atoms with van der Waals surface area (Å²) in [6.07, 6.45) is 1.29. The van der Waals surface area contributed by atoms with Crippen LogP contribution in [-0.2, 0) is 4.79 Å². The van der Waals surface area contributed by atoms with Crippen LogP contribution in [0.2, 0.25) is 0 Å². The minimum Gasteiger partial charge on any atom is -0.477 e. The summed E-state index contributed by atoms with van der Waals surface area (Å²) in [7, 11) is 0. The van der Waals surface area contributed by atoms with Gasteiger partial charge < -0.3 is 10.4 Å². The molecule has 0 aliphatic carbocycles. The molecule has 1 amide bonds. The van der Waals surface area contributed by atoms with Gasteiger partial charge in [-0.2, -0.15) is 5.10 Å². The smallest absolute Gasteiger partial charge is 0.354 e. The predicted molar refractivity (Wildman–Crippen MR) is 76.6 cm³/mol. The number of anilines is 1. The number of nitrogens with one attached hydrogen (secondary N) is 1. The van der Waals surface area contributed by atoms with Crippen LogP contribution in [0, 0.1) is 5.82 Å². The van der Waals surface area contributed by atoms with Crippen LogP contribution in [0.4, 0.5) is 10.1 Å². The Labute approximate surface area is 127 Å². The first kappa shape index (κ1) is 15.2. The highest BCUT2D eigenvalue weighted by Gasteiger charge is 2.22. The van der Waals surface area contributed by atoms with Crippen LogP contribution >= 0.6 is 15.9 Å². The van der Waals surface area contributed by atoms with Crippen LogP contribution < -0.4 is 5.32 Å². The number of hydrogen-bond acceptors (Lipinski definition) is 3. The maximum atomic E-state index is 13.7. The van der Waals surface area contributed by atoms with Crippen molar-refractivity contribution in [1.82, 2.24) is 9.78 Å². The number of halogens is 2. The summed E-state index contributed by atoms with van der Waals surface area (Å²) < 4.78 is 15.3. The van der Waals surface area contributed by atoms with Gasteiger partial charge in [0.05, 0.1) is 5.69 Å². The van der Waals surface area contributed by atoms with Crippen molar-refractivity contribution < 1.29 is 19.1 Å². The van der Waals surface area contributed by atoms with Gasteiger partial charge in [-0.1, -0.05) is 15.9 Å². The van der Waals surface area contributed by atoms with Gasteiger partial charge >= 0.3 is 5.97 Å². The maximum absolute atomic E-state index is 13.7. The van der Waals surface area contributed by atoms with E-state index >= 15 is 0 Å². The van der Waals surface area contributed by atoms with Gasteiger partial charge in [0, 0.05) is 10.7 Å². The van der Waals surface area contributed by atoms with Gasteiger partial charge in [0.1, 0.15) is 17.6 Å². The second-order valence-corrected chi connectivity index (χ2v) is 5.17. The Bertz CT molecular complexity index is 702. The SMILES string of the molecule is CC(C(=O)Nc1ccc(Br)cc1F)n1nccc1C(=O)O. The van der Waals surface area contributed by atoms with Crippen molar-refractivity contribution in [3.8, 4) is 0 Å². The van der Waals surface area contributed by atoms with E-state index in [0.29, 0.717) is 4.47 Å². The molecular formula is C13H11BrFN3O3. The molecule has 1 atom stereocenters. The Balaban J connectivity index is 2.20. The first-order chi connectivity index (χ1) is 9.90. The van der Waals surface area contributed by atoms with E-state index in [1.807, 2.05) is 0 Å². The zero-order chi connectivity index (χ0) is 15.6. The highest BCUT2D eigenvalue weighted by Crippen LogP contribution is 2.20. The molecule has 1 aromatic carbocycles. The summed E-state index contributed by atoms with van der Waals surface area (Å²) in [4.78, 5) is 23.1. The molecule has 21 heavy (non-hydrogen) atoms. The number of carbonyl (C=O) groups excluding carboxylic acids is 1. The lowest BCUT2D eigenvalue weighted by Gasteiger charge is -2.14. The van der Waals surface area contributed by atoms with Crippen molar-refractivity contribution in [3.05, 3.63) is 46.4 Å². The predicted octanol–water partition coefficient (Wildman–Crippen LogP) is 2.68. The average molecular weight is 356 g/mol. The van der Waals surface area contributed by atoms with Gasteiger partial charge in [0.15, 0.2) is 0 Å². The van der Waals surface area contributed by atoms with Gasteiger partial charge in [-0.3, -0.25) is 4.79 Å². The summed E-state index contributed by atoms with van der Waals surface area (Å²) in [5, 5.41) is 15.2. The van der Waals surface area contributed by atoms with Crippen LogP contribution in [0.1, 0.15) is 23.5 Å². The standard InChI is InChI=1S/C13H11BrFN3O3/c1-7(18-11(13(20)21)4-5-16-18)12(19)17-10-3-2-8(14)6-9(10)15/h2-7H,1H3,(H,17,19)(H,20,21). The Kier molecular flexibility index (Phi) is 4.37. The zero-order valence-electron chi connectivity index (χ0n) is 10.9. The maximum Gasteiger partial charge on any atom is 0.354 e. The van der Waals surface area contributed by atoms with Gasteiger partial charge in [-0.05, 0) is 31.2 Å².